The second kappa shape index (κ2) is 5.74. The van der Waals surface area contributed by atoms with Crippen molar-refractivity contribution in [1.29, 1.82) is 5.26 Å². The zero-order valence-corrected chi connectivity index (χ0v) is 10.6. The third kappa shape index (κ3) is 3.38. The van der Waals surface area contributed by atoms with Crippen LogP contribution in [0.5, 0.6) is 0 Å². The van der Waals surface area contributed by atoms with Crippen LogP contribution in [0.3, 0.4) is 0 Å². The minimum absolute atomic E-state index is 0.0468. The molecule has 0 spiro atoms. The minimum Gasteiger partial charge on any atom is -0.383 e. The first kappa shape index (κ1) is 12.7. The molecule has 2 N–H and O–H groups in total. The summed E-state index contributed by atoms with van der Waals surface area (Å²) in [5.74, 6) is 0.0468. The van der Waals surface area contributed by atoms with Crippen LogP contribution in [0.1, 0.15) is 24.8 Å². The Morgan fingerprint density at radius 1 is 1.50 bits per heavy atom. The van der Waals surface area contributed by atoms with Crippen molar-refractivity contribution in [3.05, 3.63) is 28.8 Å². The van der Waals surface area contributed by atoms with Gasteiger partial charge in [-0.2, -0.15) is 5.26 Å². The van der Waals surface area contributed by atoms with Crippen LogP contribution in [-0.4, -0.2) is 18.5 Å². The van der Waals surface area contributed by atoms with Gasteiger partial charge in [-0.05, 0) is 25.0 Å². The summed E-state index contributed by atoms with van der Waals surface area (Å²) < 4.78 is 0. The van der Waals surface area contributed by atoms with Gasteiger partial charge in [0.2, 0.25) is 5.91 Å². The first-order valence-electron chi connectivity index (χ1n) is 5.92. The maximum atomic E-state index is 11.5. The van der Waals surface area contributed by atoms with Crippen LogP contribution in [0.15, 0.2) is 18.2 Å². The molecule has 1 aliphatic rings. The summed E-state index contributed by atoms with van der Waals surface area (Å²) in [6.07, 6.45) is 2.58. The van der Waals surface area contributed by atoms with E-state index in [2.05, 4.69) is 10.6 Å². The molecule has 0 aliphatic heterocycles. The average molecular weight is 264 g/mol. The molecule has 1 saturated carbocycles. The number of halogens is 1. The van der Waals surface area contributed by atoms with Crippen molar-refractivity contribution >= 4 is 23.2 Å². The van der Waals surface area contributed by atoms with E-state index in [1.165, 1.54) is 0 Å². The van der Waals surface area contributed by atoms with Gasteiger partial charge in [-0.3, -0.25) is 4.79 Å². The fourth-order valence-corrected chi connectivity index (χ4v) is 1.84. The number of carbonyl (C=O) groups is 1. The maximum absolute atomic E-state index is 11.5. The van der Waals surface area contributed by atoms with E-state index < -0.39 is 0 Å². The zero-order valence-electron chi connectivity index (χ0n) is 9.87. The van der Waals surface area contributed by atoms with Crippen LogP contribution in [-0.2, 0) is 4.79 Å². The van der Waals surface area contributed by atoms with E-state index in [4.69, 9.17) is 16.9 Å². The number of nitrogens with zero attached hydrogens (tertiary/aromatic N) is 1. The van der Waals surface area contributed by atoms with E-state index >= 15 is 0 Å². The highest BCUT2D eigenvalue weighted by Crippen LogP contribution is 2.23. The number of hydrogen-bond acceptors (Lipinski definition) is 3. The van der Waals surface area contributed by atoms with E-state index in [1.807, 2.05) is 6.07 Å². The highest BCUT2D eigenvalue weighted by atomic mass is 35.5. The Morgan fingerprint density at radius 2 is 2.28 bits per heavy atom. The minimum atomic E-state index is 0.0468. The Labute approximate surface area is 111 Å². The Kier molecular flexibility index (Phi) is 4.06. The number of rotatable bonds is 5. The summed E-state index contributed by atoms with van der Waals surface area (Å²) in [4.78, 5) is 11.5. The Morgan fingerprint density at radius 3 is 2.94 bits per heavy atom. The number of anilines is 1. The molecule has 5 heteroatoms. The molecular weight excluding hydrogens is 250 g/mol. The van der Waals surface area contributed by atoms with Gasteiger partial charge in [0.25, 0.3) is 0 Å². The molecule has 1 aromatic rings. The molecule has 0 bridgehead atoms. The number of nitriles is 1. The van der Waals surface area contributed by atoms with Gasteiger partial charge >= 0.3 is 0 Å². The van der Waals surface area contributed by atoms with Gasteiger partial charge in [0.15, 0.2) is 0 Å². The second-order valence-corrected chi connectivity index (χ2v) is 4.70. The quantitative estimate of drug-likeness (QED) is 0.857. The molecule has 1 amide bonds. The first-order chi connectivity index (χ1) is 8.70. The van der Waals surface area contributed by atoms with Crippen LogP contribution in [0.2, 0.25) is 5.02 Å². The van der Waals surface area contributed by atoms with Gasteiger partial charge in [-0.25, -0.2) is 0 Å². The maximum Gasteiger partial charge on any atom is 0.221 e. The number of benzene rings is 1. The van der Waals surface area contributed by atoms with Gasteiger partial charge in [0.05, 0.1) is 16.3 Å². The SMILES string of the molecule is N#Cc1c(Cl)cccc1NCCC(=O)NC1CC1. The highest BCUT2D eigenvalue weighted by Gasteiger charge is 2.22. The molecule has 0 heterocycles. The zero-order chi connectivity index (χ0) is 13.0. The number of hydrogen-bond donors (Lipinski definition) is 2. The lowest BCUT2D eigenvalue weighted by atomic mass is 10.2. The van der Waals surface area contributed by atoms with Crippen molar-refractivity contribution in [2.45, 2.75) is 25.3 Å². The molecular formula is C13H14ClN3O. The predicted octanol–water partition coefficient (Wildman–Crippen LogP) is 2.29. The van der Waals surface area contributed by atoms with E-state index in [-0.39, 0.29) is 5.91 Å². The van der Waals surface area contributed by atoms with Crippen molar-refractivity contribution in [2.24, 2.45) is 0 Å². The largest absolute Gasteiger partial charge is 0.383 e. The van der Waals surface area contributed by atoms with Crippen LogP contribution in [0.4, 0.5) is 5.69 Å². The fraction of sp³-hybridized carbons (Fsp3) is 0.385. The standard InChI is InChI=1S/C13H14ClN3O/c14-11-2-1-3-12(10(11)8-15)16-7-6-13(18)17-9-4-5-9/h1-3,9,16H,4-7H2,(H,17,18). The molecule has 0 unspecified atom stereocenters. The molecule has 0 radical (unpaired) electrons. The predicted molar refractivity (Wildman–Crippen MR) is 70.4 cm³/mol. The molecule has 0 aromatic heterocycles. The van der Waals surface area contributed by atoms with Crippen LogP contribution >= 0.6 is 11.6 Å². The molecule has 1 fully saturated rings. The number of carbonyl (C=O) groups excluding carboxylic acids is 1. The summed E-state index contributed by atoms with van der Waals surface area (Å²) in [5, 5.41) is 15.4. The van der Waals surface area contributed by atoms with Crippen molar-refractivity contribution < 1.29 is 4.79 Å². The van der Waals surface area contributed by atoms with Crippen LogP contribution in [0, 0.1) is 11.3 Å². The molecule has 2 rings (SSSR count). The molecule has 0 atom stereocenters. The topological polar surface area (TPSA) is 64.9 Å². The molecule has 4 nitrogen and oxygen atoms in total. The van der Waals surface area contributed by atoms with E-state index in [0.717, 1.165) is 12.8 Å². The molecule has 1 aliphatic carbocycles. The van der Waals surface area contributed by atoms with Gasteiger partial charge in [-0.1, -0.05) is 17.7 Å². The third-order valence-electron chi connectivity index (χ3n) is 2.74. The number of nitrogens with one attached hydrogen (secondary N) is 2. The third-order valence-corrected chi connectivity index (χ3v) is 3.05. The Balaban J connectivity index is 1.84. The van der Waals surface area contributed by atoms with Gasteiger partial charge in [0, 0.05) is 19.0 Å². The molecule has 1 aromatic carbocycles. The van der Waals surface area contributed by atoms with Gasteiger partial charge < -0.3 is 10.6 Å². The highest BCUT2D eigenvalue weighted by molar-refractivity contribution is 6.32. The second-order valence-electron chi connectivity index (χ2n) is 4.29. The van der Waals surface area contributed by atoms with Crippen molar-refractivity contribution in [3.8, 4) is 6.07 Å². The van der Waals surface area contributed by atoms with Crippen molar-refractivity contribution in [2.75, 3.05) is 11.9 Å². The molecule has 94 valence electrons. The lowest BCUT2D eigenvalue weighted by Gasteiger charge is -2.09. The molecule has 0 saturated heterocycles. The summed E-state index contributed by atoms with van der Waals surface area (Å²) in [6.45, 7) is 0.494. The number of amides is 1. The average Bonchev–Trinajstić information content (AvgIpc) is 3.13. The van der Waals surface area contributed by atoms with E-state index in [0.29, 0.717) is 35.3 Å². The van der Waals surface area contributed by atoms with Crippen molar-refractivity contribution in [1.82, 2.24) is 5.32 Å². The van der Waals surface area contributed by atoms with Crippen molar-refractivity contribution in [3.63, 3.8) is 0 Å². The Bertz CT molecular complexity index is 491. The van der Waals surface area contributed by atoms with Gasteiger partial charge in [0.1, 0.15) is 6.07 Å². The lowest BCUT2D eigenvalue weighted by Crippen LogP contribution is -2.27. The summed E-state index contributed by atoms with van der Waals surface area (Å²) in [7, 11) is 0. The van der Waals surface area contributed by atoms with E-state index in [9.17, 15) is 4.79 Å². The van der Waals surface area contributed by atoms with Gasteiger partial charge in [-0.15, -0.1) is 0 Å². The Hall–Kier alpha value is -1.73. The van der Waals surface area contributed by atoms with Crippen LogP contribution < -0.4 is 10.6 Å². The summed E-state index contributed by atoms with van der Waals surface area (Å²) >= 11 is 5.91. The smallest absolute Gasteiger partial charge is 0.221 e. The normalized spacial score (nSPS) is 13.8. The van der Waals surface area contributed by atoms with E-state index in [1.54, 1.807) is 18.2 Å². The fourth-order valence-electron chi connectivity index (χ4n) is 1.62. The summed E-state index contributed by atoms with van der Waals surface area (Å²) in [6, 6.07) is 7.66. The summed E-state index contributed by atoms with van der Waals surface area (Å²) in [5.41, 5.74) is 1.09. The first-order valence-corrected chi connectivity index (χ1v) is 6.30. The van der Waals surface area contributed by atoms with Crippen LogP contribution in [0.25, 0.3) is 0 Å². The monoisotopic (exact) mass is 263 g/mol. The molecule has 18 heavy (non-hydrogen) atoms. The lowest BCUT2D eigenvalue weighted by molar-refractivity contribution is -0.120.